The van der Waals surface area contributed by atoms with Gasteiger partial charge in [0.15, 0.2) is 0 Å². The summed E-state index contributed by atoms with van der Waals surface area (Å²) >= 11 is 5.72. The fourth-order valence-corrected chi connectivity index (χ4v) is 4.08. The van der Waals surface area contributed by atoms with E-state index in [-0.39, 0.29) is 16.8 Å². The molecule has 1 atom stereocenters. The minimum Gasteiger partial charge on any atom is -0.207 e. The van der Waals surface area contributed by atoms with Gasteiger partial charge in [-0.05, 0) is 37.5 Å². The highest BCUT2D eigenvalue weighted by atomic mass is 35.5. The van der Waals surface area contributed by atoms with Crippen molar-refractivity contribution in [1.29, 1.82) is 0 Å². The number of alkyl halides is 1. The van der Waals surface area contributed by atoms with Crippen LogP contribution in [0.25, 0.3) is 0 Å². The number of benzene rings is 1. The number of halogens is 2. The van der Waals surface area contributed by atoms with E-state index in [9.17, 15) is 12.8 Å². The number of rotatable bonds is 8. The molecule has 0 heterocycles. The maximum atomic E-state index is 14.0. The Labute approximate surface area is 132 Å². The average Bonchev–Trinajstić information content (AvgIpc) is 2.47. The van der Waals surface area contributed by atoms with E-state index >= 15 is 0 Å². The Morgan fingerprint density at radius 1 is 1.33 bits per heavy atom. The molecule has 0 saturated carbocycles. The molecule has 120 valence electrons. The van der Waals surface area contributed by atoms with Gasteiger partial charge >= 0.3 is 0 Å². The molecule has 0 aliphatic rings. The summed E-state index contributed by atoms with van der Waals surface area (Å²) in [5.41, 5.74) is 0.594. The van der Waals surface area contributed by atoms with Crippen molar-refractivity contribution in [2.75, 3.05) is 6.54 Å². The van der Waals surface area contributed by atoms with Gasteiger partial charge in [-0.3, -0.25) is 0 Å². The van der Waals surface area contributed by atoms with Crippen LogP contribution in [0.3, 0.4) is 0 Å². The highest BCUT2D eigenvalue weighted by Crippen LogP contribution is 2.24. The van der Waals surface area contributed by atoms with Gasteiger partial charge in [0.2, 0.25) is 10.0 Å². The van der Waals surface area contributed by atoms with Crippen LogP contribution < -0.4 is 0 Å². The molecule has 0 fully saturated rings. The van der Waals surface area contributed by atoms with Crippen LogP contribution in [0.15, 0.2) is 23.1 Å². The Morgan fingerprint density at radius 3 is 2.52 bits per heavy atom. The SMILES string of the molecule is CCCCN(C(C)CC)S(=O)(=O)c1cc(CCl)ccc1F. The predicted octanol–water partition coefficient (Wildman–Crippen LogP) is 4.15. The molecule has 0 aliphatic heterocycles. The van der Waals surface area contributed by atoms with Crippen molar-refractivity contribution in [3.05, 3.63) is 29.6 Å². The van der Waals surface area contributed by atoms with Crippen molar-refractivity contribution in [3.8, 4) is 0 Å². The van der Waals surface area contributed by atoms with Crippen LogP contribution in [-0.4, -0.2) is 25.3 Å². The summed E-state index contributed by atoms with van der Waals surface area (Å²) in [5.74, 6) is -0.574. The molecule has 0 radical (unpaired) electrons. The summed E-state index contributed by atoms with van der Waals surface area (Å²) in [6.07, 6.45) is 2.31. The lowest BCUT2D eigenvalue weighted by molar-refractivity contribution is 0.322. The molecule has 1 rings (SSSR count). The monoisotopic (exact) mass is 335 g/mol. The molecule has 0 N–H and O–H groups in total. The molecule has 0 spiro atoms. The van der Waals surface area contributed by atoms with Crippen LogP contribution >= 0.6 is 11.6 Å². The Bertz CT molecular complexity index is 563. The number of hydrogen-bond acceptors (Lipinski definition) is 2. The first-order valence-electron chi connectivity index (χ1n) is 7.24. The van der Waals surface area contributed by atoms with Gasteiger partial charge in [0, 0.05) is 18.5 Å². The molecule has 3 nitrogen and oxygen atoms in total. The Hall–Kier alpha value is -0.650. The second-order valence-electron chi connectivity index (χ2n) is 5.12. The minimum atomic E-state index is -3.85. The minimum absolute atomic E-state index is 0.154. The lowest BCUT2D eigenvalue weighted by Crippen LogP contribution is -2.39. The van der Waals surface area contributed by atoms with Crippen LogP contribution in [0, 0.1) is 5.82 Å². The molecule has 1 aromatic carbocycles. The molecule has 1 aromatic rings. The van der Waals surface area contributed by atoms with Crippen molar-refractivity contribution >= 4 is 21.6 Å². The zero-order valence-electron chi connectivity index (χ0n) is 12.8. The first-order valence-corrected chi connectivity index (χ1v) is 9.22. The van der Waals surface area contributed by atoms with E-state index in [1.54, 1.807) is 0 Å². The zero-order valence-corrected chi connectivity index (χ0v) is 14.3. The van der Waals surface area contributed by atoms with Gasteiger partial charge < -0.3 is 0 Å². The van der Waals surface area contributed by atoms with Crippen LogP contribution in [0.1, 0.15) is 45.6 Å². The second kappa shape index (κ2) is 8.11. The lowest BCUT2D eigenvalue weighted by Gasteiger charge is -2.28. The molecule has 1 unspecified atom stereocenters. The van der Waals surface area contributed by atoms with Gasteiger partial charge in [0.25, 0.3) is 0 Å². The first-order chi connectivity index (χ1) is 9.88. The molecule has 0 bridgehead atoms. The van der Waals surface area contributed by atoms with Crippen LogP contribution in [0.2, 0.25) is 0 Å². The summed E-state index contributed by atoms with van der Waals surface area (Å²) in [4.78, 5) is -0.281. The van der Waals surface area contributed by atoms with E-state index in [0.717, 1.165) is 12.8 Å². The van der Waals surface area contributed by atoms with Gasteiger partial charge in [-0.15, -0.1) is 11.6 Å². The second-order valence-corrected chi connectivity index (χ2v) is 7.25. The van der Waals surface area contributed by atoms with Gasteiger partial charge in [0.1, 0.15) is 10.7 Å². The predicted molar refractivity (Wildman–Crippen MR) is 84.5 cm³/mol. The first kappa shape index (κ1) is 18.4. The van der Waals surface area contributed by atoms with Crippen molar-refractivity contribution in [1.82, 2.24) is 4.31 Å². The van der Waals surface area contributed by atoms with Crippen molar-refractivity contribution in [3.63, 3.8) is 0 Å². The summed E-state index contributed by atoms with van der Waals surface area (Å²) in [6, 6.07) is 3.83. The Kier molecular flexibility index (Phi) is 7.10. The molecule has 21 heavy (non-hydrogen) atoms. The summed E-state index contributed by atoms with van der Waals surface area (Å²) in [6.45, 7) is 6.16. The van der Waals surface area contributed by atoms with Crippen molar-refractivity contribution in [2.45, 2.75) is 56.9 Å². The topological polar surface area (TPSA) is 37.4 Å². The van der Waals surface area contributed by atoms with E-state index < -0.39 is 15.8 Å². The third kappa shape index (κ3) is 4.41. The molecule has 0 aromatic heterocycles. The highest BCUT2D eigenvalue weighted by Gasteiger charge is 2.30. The van der Waals surface area contributed by atoms with E-state index in [1.165, 1.54) is 22.5 Å². The summed E-state index contributed by atoms with van der Waals surface area (Å²) in [7, 11) is -3.85. The quantitative estimate of drug-likeness (QED) is 0.669. The number of hydrogen-bond donors (Lipinski definition) is 0. The van der Waals surface area contributed by atoms with Gasteiger partial charge in [-0.2, -0.15) is 4.31 Å². The average molecular weight is 336 g/mol. The highest BCUT2D eigenvalue weighted by molar-refractivity contribution is 7.89. The number of sulfonamides is 1. The normalized spacial score (nSPS) is 13.6. The van der Waals surface area contributed by atoms with Crippen LogP contribution in [-0.2, 0) is 15.9 Å². The van der Waals surface area contributed by atoms with Crippen LogP contribution in [0.4, 0.5) is 4.39 Å². The van der Waals surface area contributed by atoms with Crippen molar-refractivity contribution in [2.24, 2.45) is 0 Å². The van der Waals surface area contributed by atoms with E-state index in [2.05, 4.69) is 0 Å². The van der Waals surface area contributed by atoms with Gasteiger partial charge in [-0.1, -0.05) is 26.3 Å². The summed E-state index contributed by atoms with van der Waals surface area (Å²) < 4.78 is 40.9. The molecule has 6 heteroatoms. The lowest BCUT2D eigenvalue weighted by atomic mass is 10.2. The van der Waals surface area contributed by atoms with E-state index in [0.29, 0.717) is 18.5 Å². The molecule has 0 saturated heterocycles. The van der Waals surface area contributed by atoms with Crippen molar-refractivity contribution < 1.29 is 12.8 Å². The zero-order chi connectivity index (χ0) is 16.0. The Balaban J connectivity index is 3.27. The number of nitrogens with zero attached hydrogens (tertiary/aromatic N) is 1. The fraction of sp³-hybridized carbons (Fsp3) is 0.600. The maximum Gasteiger partial charge on any atom is 0.246 e. The standard InChI is InChI=1S/C15H23ClFNO2S/c1-4-6-9-18(12(3)5-2)21(19,20)15-10-13(11-16)7-8-14(15)17/h7-8,10,12H,4-6,9,11H2,1-3H3. The smallest absolute Gasteiger partial charge is 0.207 e. The third-order valence-electron chi connectivity index (χ3n) is 3.55. The van der Waals surface area contributed by atoms with E-state index in [4.69, 9.17) is 11.6 Å². The van der Waals surface area contributed by atoms with E-state index in [1.807, 2.05) is 20.8 Å². The maximum absolute atomic E-state index is 14.0. The summed E-state index contributed by atoms with van der Waals surface area (Å²) in [5, 5.41) is 0. The molecule has 0 amide bonds. The van der Waals surface area contributed by atoms with Crippen LogP contribution in [0.5, 0.6) is 0 Å². The Morgan fingerprint density at radius 2 is 2.00 bits per heavy atom. The van der Waals surface area contributed by atoms with Gasteiger partial charge in [-0.25, -0.2) is 12.8 Å². The third-order valence-corrected chi connectivity index (χ3v) is 5.89. The fourth-order valence-electron chi connectivity index (χ4n) is 2.05. The molecular weight excluding hydrogens is 313 g/mol. The molecule has 0 aliphatic carbocycles. The number of unbranched alkanes of at least 4 members (excludes halogenated alkanes) is 1. The largest absolute Gasteiger partial charge is 0.246 e. The molecular formula is C15H23ClFNO2S. The van der Waals surface area contributed by atoms with Gasteiger partial charge in [0.05, 0.1) is 0 Å².